The summed E-state index contributed by atoms with van der Waals surface area (Å²) in [6, 6.07) is 6.30. The van der Waals surface area contributed by atoms with Crippen molar-refractivity contribution in [2.45, 2.75) is 51.4 Å². The van der Waals surface area contributed by atoms with Gasteiger partial charge in [0.1, 0.15) is 24.9 Å². The van der Waals surface area contributed by atoms with Gasteiger partial charge in [-0.3, -0.25) is 14.4 Å². The molecule has 28 heavy (non-hydrogen) atoms. The zero-order chi connectivity index (χ0) is 20.4. The summed E-state index contributed by atoms with van der Waals surface area (Å²) in [4.78, 5) is 39.6. The first-order chi connectivity index (χ1) is 13.3. The number of Topliss-reactive ketones (excluding diaryl/α,β-unsaturated/α-hetero) is 1. The van der Waals surface area contributed by atoms with Crippen molar-refractivity contribution in [1.82, 2.24) is 4.90 Å². The summed E-state index contributed by atoms with van der Waals surface area (Å²) in [7, 11) is 0. The fourth-order valence-electron chi connectivity index (χ4n) is 4.26. The summed E-state index contributed by atoms with van der Waals surface area (Å²) in [5, 5.41) is 0. The summed E-state index contributed by atoms with van der Waals surface area (Å²) in [6.45, 7) is 6.70. The summed E-state index contributed by atoms with van der Waals surface area (Å²) in [5.41, 5.74) is 6.50. The number of primary amides is 1. The van der Waals surface area contributed by atoms with Crippen molar-refractivity contribution >= 4 is 17.6 Å². The van der Waals surface area contributed by atoms with Gasteiger partial charge in [0.15, 0.2) is 5.78 Å². The van der Waals surface area contributed by atoms with Gasteiger partial charge in [-0.2, -0.15) is 0 Å². The number of nitrogens with two attached hydrogens (primary N) is 1. The maximum absolute atomic E-state index is 13.6. The van der Waals surface area contributed by atoms with E-state index in [9.17, 15) is 14.4 Å². The van der Waals surface area contributed by atoms with Gasteiger partial charge in [0.2, 0.25) is 11.8 Å². The normalized spacial score (nSPS) is 25.2. The molecule has 2 fully saturated rings. The number of ketones is 1. The Hall–Kier alpha value is -2.25. The van der Waals surface area contributed by atoms with Gasteiger partial charge < -0.3 is 20.1 Å². The van der Waals surface area contributed by atoms with Crippen LogP contribution in [0, 0.1) is 5.92 Å². The van der Waals surface area contributed by atoms with Gasteiger partial charge in [-0.15, -0.1) is 0 Å². The summed E-state index contributed by atoms with van der Waals surface area (Å²) >= 11 is 0. The number of nitrogens with zero attached hydrogens (tertiary/aromatic N) is 1. The highest BCUT2D eigenvalue weighted by Crippen LogP contribution is 2.35. The molecule has 4 atom stereocenters. The van der Waals surface area contributed by atoms with Crippen LogP contribution in [0.5, 0.6) is 0 Å². The third-order valence-electron chi connectivity index (χ3n) is 5.41. The van der Waals surface area contributed by atoms with Crippen molar-refractivity contribution in [2.24, 2.45) is 11.7 Å². The first kappa shape index (κ1) is 20.5. The molecule has 0 radical (unpaired) electrons. The Bertz CT molecular complexity index is 763. The highest BCUT2D eigenvalue weighted by Gasteiger charge is 2.53. The Morgan fingerprint density at radius 1 is 1.32 bits per heavy atom. The molecule has 0 saturated carbocycles. The van der Waals surface area contributed by atoms with E-state index in [1.54, 1.807) is 29.2 Å². The minimum absolute atomic E-state index is 0.00456. The summed E-state index contributed by atoms with van der Waals surface area (Å²) < 4.78 is 11.3. The molecule has 1 aromatic rings. The molecule has 0 aliphatic carbocycles. The van der Waals surface area contributed by atoms with Gasteiger partial charge in [-0.25, -0.2) is 0 Å². The van der Waals surface area contributed by atoms with E-state index in [2.05, 4.69) is 0 Å². The van der Waals surface area contributed by atoms with Crippen LogP contribution in [0.15, 0.2) is 24.3 Å². The Morgan fingerprint density at radius 2 is 2.04 bits per heavy atom. The van der Waals surface area contributed by atoms with Crippen LogP contribution in [0.4, 0.5) is 0 Å². The van der Waals surface area contributed by atoms with E-state index in [0.29, 0.717) is 30.7 Å². The first-order valence-electron chi connectivity index (χ1n) is 9.80. The van der Waals surface area contributed by atoms with Gasteiger partial charge in [0.05, 0.1) is 12.5 Å². The molecule has 0 aromatic heterocycles. The van der Waals surface area contributed by atoms with Crippen LogP contribution in [-0.4, -0.2) is 60.5 Å². The number of carbonyl (C=O) groups is 3. The zero-order valence-corrected chi connectivity index (χ0v) is 16.6. The van der Waals surface area contributed by atoms with Crippen molar-refractivity contribution in [2.75, 3.05) is 19.8 Å². The van der Waals surface area contributed by atoms with Crippen molar-refractivity contribution in [3.63, 3.8) is 0 Å². The molecule has 2 N–H and O–H groups in total. The van der Waals surface area contributed by atoms with E-state index in [1.807, 2.05) is 20.8 Å². The predicted octanol–water partition coefficient (Wildman–Crippen LogP) is 1.50. The van der Waals surface area contributed by atoms with Gasteiger partial charge >= 0.3 is 0 Å². The SMILES string of the molecule is CCO[C@H]1CN(C(=O)[C@@H](CC(C)C)c2ccccc2C(N)=O)[C@@H]2C(=O)CO[C@H]12. The van der Waals surface area contributed by atoms with Gasteiger partial charge in [-0.05, 0) is 30.9 Å². The van der Waals surface area contributed by atoms with Crippen LogP contribution >= 0.6 is 0 Å². The van der Waals surface area contributed by atoms with Crippen LogP contribution in [0.1, 0.15) is 49.0 Å². The largest absolute Gasteiger partial charge is 0.374 e. The van der Waals surface area contributed by atoms with Crippen LogP contribution in [0.25, 0.3) is 0 Å². The molecule has 152 valence electrons. The molecule has 7 heteroatoms. The van der Waals surface area contributed by atoms with E-state index in [1.165, 1.54) is 0 Å². The molecule has 2 aliphatic rings. The fourth-order valence-corrected chi connectivity index (χ4v) is 4.26. The molecule has 2 aliphatic heterocycles. The van der Waals surface area contributed by atoms with Crippen molar-refractivity contribution < 1.29 is 23.9 Å². The molecule has 0 spiro atoms. The quantitative estimate of drug-likeness (QED) is 0.763. The van der Waals surface area contributed by atoms with Crippen molar-refractivity contribution in [1.29, 1.82) is 0 Å². The number of carbonyl (C=O) groups excluding carboxylic acids is 3. The number of likely N-dealkylation sites (tertiary alicyclic amines) is 1. The van der Waals surface area contributed by atoms with Crippen LogP contribution < -0.4 is 5.73 Å². The second kappa shape index (κ2) is 8.41. The number of ether oxygens (including phenoxy) is 2. The Kier molecular flexibility index (Phi) is 6.15. The Labute approximate surface area is 165 Å². The van der Waals surface area contributed by atoms with Crippen LogP contribution in [0.3, 0.4) is 0 Å². The topological polar surface area (TPSA) is 98.9 Å². The highest BCUT2D eigenvalue weighted by atomic mass is 16.6. The number of hydrogen-bond donors (Lipinski definition) is 1. The summed E-state index contributed by atoms with van der Waals surface area (Å²) in [6.07, 6.45) is -0.204. The fraction of sp³-hybridized carbons (Fsp3) is 0.571. The van der Waals surface area contributed by atoms with Crippen molar-refractivity contribution in [3.05, 3.63) is 35.4 Å². The molecule has 7 nitrogen and oxygen atoms in total. The van der Waals surface area contributed by atoms with Gasteiger partial charge in [0.25, 0.3) is 0 Å². The van der Waals surface area contributed by atoms with Gasteiger partial charge in [-0.1, -0.05) is 32.0 Å². The number of amides is 2. The van der Waals surface area contributed by atoms with E-state index in [-0.39, 0.29) is 30.3 Å². The molecule has 2 heterocycles. The molecule has 1 aromatic carbocycles. The standard InChI is InChI=1S/C21H28N2O5/c1-4-27-17-10-23(18-16(24)11-28-19(17)18)21(26)15(9-12(2)3)13-7-5-6-8-14(13)20(22)25/h5-8,12,15,17-19H,4,9-11H2,1-3H3,(H2,22,25)/t15-,17-,18+,19+/m0/s1. The van der Waals surface area contributed by atoms with E-state index < -0.39 is 24.0 Å². The van der Waals surface area contributed by atoms with Crippen LogP contribution in [-0.2, 0) is 19.1 Å². The second-order valence-corrected chi connectivity index (χ2v) is 7.80. The number of hydrogen-bond acceptors (Lipinski definition) is 5. The smallest absolute Gasteiger partial charge is 0.249 e. The van der Waals surface area contributed by atoms with Gasteiger partial charge in [0, 0.05) is 12.2 Å². The third-order valence-corrected chi connectivity index (χ3v) is 5.41. The average molecular weight is 388 g/mol. The highest BCUT2D eigenvalue weighted by molar-refractivity contribution is 5.98. The number of rotatable bonds is 7. The second-order valence-electron chi connectivity index (χ2n) is 7.80. The maximum Gasteiger partial charge on any atom is 0.249 e. The molecule has 2 saturated heterocycles. The lowest BCUT2D eigenvalue weighted by Gasteiger charge is -2.28. The van der Waals surface area contributed by atoms with Crippen molar-refractivity contribution in [3.8, 4) is 0 Å². The first-order valence-corrected chi connectivity index (χ1v) is 9.80. The van der Waals surface area contributed by atoms with E-state index in [4.69, 9.17) is 15.2 Å². The third kappa shape index (κ3) is 3.82. The molecule has 3 rings (SSSR count). The van der Waals surface area contributed by atoms with E-state index >= 15 is 0 Å². The molecule has 0 unspecified atom stereocenters. The predicted molar refractivity (Wildman–Crippen MR) is 103 cm³/mol. The monoisotopic (exact) mass is 388 g/mol. The molecule has 0 bridgehead atoms. The van der Waals surface area contributed by atoms with Crippen LogP contribution in [0.2, 0.25) is 0 Å². The summed E-state index contributed by atoms with van der Waals surface area (Å²) in [5.74, 6) is -1.20. The Balaban J connectivity index is 1.96. The zero-order valence-electron chi connectivity index (χ0n) is 16.6. The average Bonchev–Trinajstić information content (AvgIpc) is 3.21. The van der Waals surface area contributed by atoms with E-state index in [0.717, 1.165) is 0 Å². The minimum Gasteiger partial charge on any atom is -0.374 e. The molecular weight excluding hydrogens is 360 g/mol. The minimum atomic E-state index is -0.626. The lowest BCUT2D eigenvalue weighted by atomic mass is 9.86. The number of fused-ring (bicyclic) bond motifs is 1. The Morgan fingerprint density at radius 3 is 2.68 bits per heavy atom. The lowest BCUT2D eigenvalue weighted by Crippen LogP contribution is -2.44. The maximum atomic E-state index is 13.6. The molecule has 2 amide bonds. The lowest BCUT2D eigenvalue weighted by molar-refractivity contribution is -0.138. The molecular formula is C21H28N2O5. The number of benzene rings is 1.